The van der Waals surface area contributed by atoms with Gasteiger partial charge >= 0.3 is 0 Å². The molecule has 2 saturated heterocycles. The number of amides is 4. The van der Waals surface area contributed by atoms with Crippen LogP contribution in [0.1, 0.15) is 45.1 Å². The minimum Gasteiger partial charge on any atom is -0.391 e. The van der Waals surface area contributed by atoms with Crippen molar-refractivity contribution in [1.82, 2.24) is 15.1 Å². The van der Waals surface area contributed by atoms with Gasteiger partial charge in [0.15, 0.2) is 0 Å². The van der Waals surface area contributed by atoms with E-state index in [4.69, 9.17) is 11.5 Å². The van der Waals surface area contributed by atoms with Gasteiger partial charge in [-0.15, -0.1) is 0 Å². The Bertz CT molecular complexity index is 1020. The third kappa shape index (κ3) is 5.91. The Morgan fingerprint density at radius 2 is 1.76 bits per heavy atom. The summed E-state index contributed by atoms with van der Waals surface area (Å²) in [7, 11) is 0. The number of carbonyl (C=O) groups excluding carboxylic acids is 4. The molecule has 204 valence electrons. The van der Waals surface area contributed by atoms with Crippen LogP contribution in [0.15, 0.2) is 24.3 Å². The maximum atomic E-state index is 13.9. The van der Waals surface area contributed by atoms with Crippen LogP contribution in [0.25, 0.3) is 0 Å². The fraction of sp³-hybridized carbons (Fsp3) is 0.600. The molecule has 2 fully saturated rings. The van der Waals surface area contributed by atoms with Gasteiger partial charge in [0.2, 0.25) is 23.6 Å². The molecule has 12 heteroatoms. The van der Waals surface area contributed by atoms with Crippen LogP contribution in [0.3, 0.4) is 0 Å². The predicted octanol–water partition coefficient (Wildman–Crippen LogP) is -1.22. The monoisotopic (exact) mass is 521 g/mol. The number of likely N-dealkylation sites (tertiary alicyclic amines) is 2. The highest BCUT2D eigenvalue weighted by Crippen LogP contribution is 2.36. The van der Waals surface area contributed by atoms with Crippen LogP contribution in [0.4, 0.5) is 4.39 Å². The van der Waals surface area contributed by atoms with Crippen molar-refractivity contribution in [3.63, 3.8) is 0 Å². The van der Waals surface area contributed by atoms with Crippen molar-refractivity contribution >= 4 is 23.6 Å². The zero-order valence-corrected chi connectivity index (χ0v) is 21.1. The van der Waals surface area contributed by atoms with Gasteiger partial charge in [0.25, 0.3) is 0 Å². The summed E-state index contributed by atoms with van der Waals surface area (Å²) in [5, 5.41) is 22.3. The normalized spacial score (nSPS) is 24.9. The molecule has 0 spiro atoms. The molecular weight excluding hydrogens is 485 g/mol. The van der Waals surface area contributed by atoms with Crippen LogP contribution in [-0.2, 0) is 25.6 Å². The summed E-state index contributed by atoms with van der Waals surface area (Å²) in [5.74, 6) is -3.08. The first-order valence-electron chi connectivity index (χ1n) is 12.5. The zero-order chi connectivity index (χ0) is 27.5. The van der Waals surface area contributed by atoms with E-state index in [-0.39, 0.29) is 25.9 Å². The topological polar surface area (TPSA) is 179 Å². The molecular formula is C25H36FN5O6. The molecule has 0 unspecified atom stereocenters. The standard InChI is InChI=1S/C25H36FN5O6/c1-14(32)19(27)23(36)30-11-3-5-18(30)22(35)31-12-4-10-25(31,13-16-6-8-17(26)9-7-16)24(37)29-20(15(2)33)21(28)34/h6-9,14-15,18-20,32-33H,3-5,10-13,27H2,1-2H3,(H2,28,34)(H,29,37)/t14-,15-,18+,19+,20+,25+/m1/s1. The minimum atomic E-state index is -1.47. The van der Waals surface area contributed by atoms with E-state index in [1.54, 1.807) is 0 Å². The van der Waals surface area contributed by atoms with Crippen molar-refractivity contribution in [1.29, 1.82) is 0 Å². The van der Waals surface area contributed by atoms with E-state index < -0.39 is 65.3 Å². The summed E-state index contributed by atoms with van der Waals surface area (Å²) < 4.78 is 13.6. The fourth-order valence-corrected chi connectivity index (χ4v) is 5.21. The predicted molar refractivity (Wildman–Crippen MR) is 131 cm³/mol. The lowest BCUT2D eigenvalue weighted by molar-refractivity contribution is -0.152. The molecule has 0 aromatic heterocycles. The lowest BCUT2D eigenvalue weighted by Crippen LogP contribution is -2.65. The fourth-order valence-electron chi connectivity index (χ4n) is 5.21. The number of hydrogen-bond donors (Lipinski definition) is 5. The van der Waals surface area contributed by atoms with Crippen LogP contribution in [-0.4, -0.2) is 92.6 Å². The highest BCUT2D eigenvalue weighted by Gasteiger charge is 2.53. The molecule has 0 bridgehead atoms. The molecule has 0 aliphatic carbocycles. The van der Waals surface area contributed by atoms with Crippen LogP contribution < -0.4 is 16.8 Å². The first-order chi connectivity index (χ1) is 17.4. The molecule has 7 N–H and O–H groups in total. The van der Waals surface area contributed by atoms with Crippen molar-refractivity contribution in [3.05, 3.63) is 35.6 Å². The van der Waals surface area contributed by atoms with Gasteiger partial charge in [-0.3, -0.25) is 19.2 Å². The summed E-state index contributed by atoms with van der Waals surface area (Å²) in [6, 6.07) is 2.07. The summed E-state index contributed by atoms with van der Waals surface area (Å²) >= 11 is 0. The summed E-state index contributed by atoms with van der Waals surface area (Å²) in [4.78, 5) is 55.3. The van der Waals surface area contributed by atoms with Crippen LogP contribution >= 0.6 is 0 Å². The maximum absolute atomic E-state index is 13.9. The van der Waals surface area contributed by atoms with Gasteiger partial charge in [0.1, 0.15) is 29.5 Å². The van der Waals surface area contributed by atoms with Gasteiger partial charge in [-0.05, 0) is 57.2 Å². The molecule has 0 saturated carbocycles. The molecule has 6 atom stereocenters. The number of halogens is 1. The van der Waals surface area contributed by atoms with Crippen molar-refractivity contribution in [2.24, 2.45) is 11.5 Å². The molecule has 3 rings (SSSR count). The lowest BCUT2D eigenvalue weighted by atomic mass is 9.86. The van der Waals surface area contributed by atoms with E-state index in [1.807, 2.05) is 0 Å². The molecule has 0 radical (unpaired) electrons. The van der Waals surface area contributed by atoms with Crippen molar-refractivity contribution < 1.29 is 33.8 Å². The second-order valence-electron chi connectivity index (χ2n) is 9.98. The molecule has 2 heterocycles. The lowest BCUT2D eigenvalue weighted by Gasteiger charge is -2.41. The van der Waals surface area contributed by atoms with Gasteiger partial charge < -0.3 is 36.8 Å². The Balaban J connectivity index is 1.97. The molecule has 37 heavy (non-hydrogen) atoms. The minimum absolute atomic E-state index is 0.0179. The Morgan fingerprint density at radius 3 is 2.32 bits per heavy atom. The second kappa shape index (κ2) is 11.5. The SMILES string of the molecule is C[C@@H](O)[C@H](N)C(=O)N1CCC[C@H]1C(=O)N1CCC[C@]1(Cc1ccc(F)cc1)C(=O)N[C@H](C(N)=O)[C@@H](C)O. The van der Waals surface area contributed by atoms with E-state index in [1.165, 1.54) is 47.9 Å². The molecule has 4 amide bonds. The molecule has 1 aromatic carbocycles. The molecule has 2 aliphatic rings. The number of aliphatic hydroxyl groups is 2. The summed E-state index contributed by atoms with van der Waals surface area (Å²) in [6.07, 6.45) is -0.759. The summed E-state index contributed by atoms with van der Waals surface area (Å²) in [6.45, 7) is 3.20. The average molecular weight is 522 g/mol. The molecule has 11 nitrogen and oxygen atoms in total. The second-order valence-corrected chi connectivity index (χ2v) is 9.98. The first-order valence-corrected chi connectivity index (χ1v) is 12.5. The Kier molecular flexibility index (Phi) is 8.88. The van der Waals surface area contributed by atoms with Gasteiger partial charge in [-0.25, -0.2) is 4.39 Å². The van der Waals surface area contributed by atoms with E-state index >= 15 is 0 Å². The highest BCUT2D eigenvalue weighted by atomic mass is 19.1. The van der Waals surface area contributed by atoms with E-state index in [9.17, 15) is 33.8 Å². The van der Waals surface area contributed by atoms with Crippen LogP contribution in [0.2, 0.25) is 0 Å². The molecule has 1 aromatic rings. The van der Waals surface area contributed by atoms with Crippen molar-refractivity contribution in [2.75, 3.05) is 13.1 Å². The van der Waals surface area contributed by atoms with Gasteiger partial charge in [-0.2, -0.15) is 0 Å². The Morgan fingerprint density at radius 1 is 1.11 bits per heavy atom. The number of rotatable bonds is 9. The number of nitrogens with zero attached hydrogens (tertiary/aromatic N) is 2. The number of carbonyl (C=O) groups is 4. The number of nitrogens with two attached hydrogens (primary N) is 2. The van der Waals surface area contributed by atoms with E-state index in [0.717, 1.165) is 0 Å². The van der Waals surface area contributed by atoms with E-state index in [0.29, 0.717) is 24.8 Å². The zero-order valence-electron chi connectivity index (χ0n) is 21.1. The number of primary amides is 1. The molecule has 2 aliphatic heterocycles. The number of hydrogen-bond acceptors (Lipinski definition) is 7. The van der Waals surface area contributed by atoms with Crippen molar-refractivity contribution in [2.45, 2.75) is 81.8 Å². The van der Waals surface area contributed by atoms with Crippen LogP contribution in [0, 0.1) is 5.82 Å². The smallest absolute Gasteiger partial charge is 0.247 e. The van der Waals surface area contributed by atoms with Crippen molar-refractivity contribution in [3.8, 4) is 0 Å². The third-order valence-electron chi connectivity index (χ3n) is 7.29. The summed E-state index contributed by atoms with van der Waals surface area (Å²) in [5.41, 5.74) is 10.3. The number of nitrogens with one attached hydrogen (secondary N) is 1. The maximum Gasteiger partial charge on any atom is 0.247 e. The Hall–Kier alpha value is -3.09. The third-order valence-corrected chi connectivity index (χ3v) is 7.29. The van der Waals surface area contributed by atoms with Gasteiger partial charge in [-0.1, -0.05) is 12.1 Å². The highest BCUT2D eigenvalue weighted by molar-refractivity contribution is 5.98. The number of benzene rings is 1. The van der Waals surface area contributed by atoms with Gasteiger partial charge in [0, 0.05) is 19.5 Å². The van der Waals surface area contributed by atoms with Crippen LogP contribution in [0.5, 0.6) is 0 Å². The Labute approximate surface area is 215 Å². The largest absolute Gasteiger partial charge is 0.391 e. The van der Waals surface area contributed by atoms with E-state index in [2.05, 4.69) is 5.32 Å². The average Bonchev–Trinajstić information content (AvgIpc) is 3.50. The van der Waals surface area contributed by atoms with Gasteiger partial charge in [0.05, 0.1) is 12.2 Å². The first kappa shape index (κ1) is 28.5. The quantitative estimate of drug-likeness (QED) is 0.270. The number of aliphatic hydroxyl groups excluding tert-OH is 2.